The van der Waals surface area contributed by atoms with Gasteiger partial charge in [-0.3, -0.25) is 0 Å². The van der Waals surface area contributed by atoms with Crippen molar-refractivity contribution >= 4 is 23.7 Å². The Morgan fingerprint density at radius 1 is 0.913 bits per heavy atom. The summed E-state index contributed by atoms with van der Waals surface area (Å²) < 4.78 is 0. The highest BCUT2D eigenvalue weighted by molar-refractivity contribution is 7.15. The highest BCUT2D eigenvalue weighted by atomic mass is 35.5. The maximum atomic E-state index is 4.88. The lowest BCUT2D eigenvalue weighted by atomic mass is 10.1. The third-order valence-electron chi connectivity index (χ3n) is 3.42. The molecule has 0 fully saturated rings. The summed E-state index contributed by atoms with van der Waals surface area (Å²) in [6.07, 6.45) is 0. The second-order valence-electron chi connectivity index (χ2n) is 5.55. The molecule has 0 saturated carbocycles. The molecule has 0 spiro atoms. The molecule has 2 nitrogen and oxygen atoms in total. The smallest absolute Gasteiger partial charge is 0.108 e. The van der Waals surface area contributed by atoms with Gasteiger partial charge in [-0.15, -0.1) is 23.7 Å². The van der Waals surface area contributed by atoms with E-state index in [0.717, 1.165) is 17.2 Å². The van der Waals surface area contributed by atoms with Crippen molar-refractivity contribution in [2.24, 2.45) is 0 Å². The van der Waals surface area contributed by atoms with Crippen molar-refractivity contribution in [2.75, 3.05) is 0 Å². The standard InChI is InChI=1S/C19H20N2S.ClH/c1-14(2)20-13-17-21-18(15-9-5-3-6-10-15)19(22-17)16-11-7-4-8-12-16;/h3-12,14,20H,13H2,1-2H3;1H. The third kappa shape index (κ3) is 4.41. The summed E-state index contributed by atoms with van der Waals surface area (Å²) in [6, 6.07) is 21.4. The molecule has 3 rings (SSSR count). The Labute approximate surface area is 148 Å². The molecule has 4 heteroatoms. The van der Waals surface area contributed by atoms with Gasteiger partial charge in [0.1, 0.15) is 5.01 Å². The van der Waals surface area contributed by atoms with E-state index in [1.54, 1.807) is 11.3 Å². The van der Waals surface area contributed by atoms with E-state index < -0.39 is 0 Å². The van der Waals surface area contributed by atoms with Gasteiger partial charge in [0.25, 0.3) is 0 Å². The topological polar surface area (TPSA) is 24.9 Å². The van der Waals surface area contributed by atoms with Crippen molar-refractivity contribution in [2.45, 2.75) is 26.4 Å². The van der Waals surface area contributed by atoms with Gasteiger partial charge in [0.2, 0.25) is 0 Å². The first-order valence-electron chi connectivity index (χ1n) is 7.58. The average Bonchev–Trinajstić information content (AvgIpc) is 2.99. The van der Waals surface area contributed by atoms with Crippen LogP contribution in [-0.2, 0) is 6.54 Å². The molecule has 0 aliphatic heterocycles. The largest absolute Gasteiger partial charge is 0.308 e. The van der Waals surface area contributed by atoms with Crippen LogP contribution in [0.1, 0.15) is 18.9 Å². The zero-order chi connectivity index (χ0) is 15.4. The van der Waals surface area contributed by atoms with Gasteiger partial charge in [-0.2, -0.15) is 0 Å². The van der Waals surface area contributed by atoms with E-state index in [9.17, 15) is 0 Å². The van der Waals surface area contributed by atoms with Crippen LogP contribution in [0.3, 0.4) is 0 Å². The minimum atomic E-state index is 0. The first-order chi connectivity index (χ1) is 10.7. The Kier molecular flexibility index (Phi) is 6.34. The first kappa shape index (κ1) is 17.7. The molecule has 0 unspecified atom stereocenters. The highest BCUT2D eigenvalue weighted by Crippen LogP contribution is 2.36. The monoisotopic (exact) mass is 344 g/mol. The minimum Gasteiger partial charge on any atom is -0.308 e. The predicted octanol–water partition coefficient (Wildman–Crippen LogP) is 5.40. The molecule has 23 heavy (non-hydrogen) atoms. The number of hydrogen-bond acceptors (Lipinski definition) is 3. The molecule has 1 N–H and O–H groups in total. The first-order valence-corrected chi connectivity index (χ1v) is 8.39. The summed E-state index contributed by atoms with van der Waals surface area (Å²) >= 11 is 1.78. The molecule has 0 saturated heterocycles. The number of thiazole rings is 1. The molecular formula is C19H21ClN2S. The van der Waals surface area contributed by atoms with Crippen LogP contribution in [0.15, 0.2) is 60.7 Å². The lowest BCUT2D eigenvalue weighted by Crippen LogP contribution is -2.21. The van der Waals surface area contributed by atoms with Gasteiger partial charge in [0.15, 0.2) is 0 Å². The van der Waals surface area contributed by atoms with Crippen LogP contribution in [-0.4, -0.2) is 11.0 Å². The van der Waals surface area contributed by atoms with Gasteiger partial charge in [-0.1, -0.05) is 74.5 Å². The normalized spacial score (nSPS) is 10.6. The van der Waals surface area contributed by atoms with Gasteiger partial charge < -0.3 is 5.32 Å². The summed E-state index contributed by atoms with van der Waals surface area (Å²) in [6.45, 7) is 5.13. The number of halogens is 1. The lowest BCUT2D eigenvalue weighted by Gasteiger charge is -2.04. The number of nitrogens with zero attached hydrogens (tertiary/aromatic N) is 1. The second kappa shape index (κ2) is 8.25. The van der Waals surface area contributed by atoms with E-state index in [1.807, 2.05) is 12.1 Å². The number of aromatic nitrogens is 1. The molecule has 0 radical (unpaired) electrons. The van der Waals surface area contributed by atoms with Crippen LogP contribution in [0.4, 0.5) is 0 Å². The molecule has 0 bridgehead atoms. The van der Waals surface area contributed by atoms with Crippen LogP contribution < -0.4 is 5.32 Å². The summed E-state index contributed by atoms with van der Waals surface area (Å²) in [5.74, 6) is 0. The molecule has 0 atom stereocenters. The summed E-state index contributed by atoms with van der Waals surface area (Å²) in [5, 5.41) is 4.58. The summed E-state index contributed by atoms with van der Waals surface area (Å²) in [5.41, 5.74) is 3.49. The molecule has 1 heterocycles. The van der Waals surface area contributed by atoms with Crippen LogP contribution in [0, 0.1) is 0 Å². The van der Waals surface area contributed by atoms with Crippen molar-refractivity contribution in [1.82, 2.24) is 10.3 Å². The van der Waals surface area contributed by atoms with E-state index in [0.29, 0.717) is 6.04 Å². The van der Waals surface area contributed by atoms with Crippen molar-refractivity contribution in [3.05, 3.63) is 65.7 Å². The van der Waals surface area contributed by atoms with Crippen molar-refractivity contribution < 1.29 is 0 Å². The quantitative estimate of drug-likeness (QED) is 0.670. The Morgan fingerprint density at radius 2 is 1.48 bits per heavy atom. The fourth-order valence-corrected chi connectivity index (χ4v) is 3.35. The van der Waals surface area contributed by atoms with Gasteiger partial charge in [0, 0.05) is 18.2 Å². The summed E-state index contributed by atoms with van der Waals surface area (Å²) in [4.78, 5) is 6.13. The molecule has 0 aliphatic rings. The zero-order valence-corrected chi connectivity index (χ0v) is 15.0. The molecule has 1 aromatic heterocycles. The van der Waals surface area contributed by atoms with Crippen molar-refractivity contribution in [3.8, 4) is 21.7 Å². The van der Waals surface area contributed by atoms with Crippen LogP contribution in [0.2, 0.25) is 0 Å². The fraction of sp³-hybridized carbons (Fsp3) is 0.211. The number of rotatable bonds is 5. The van der Waals surface area contributed by atoms with E-state index >= 15 is 0 Å². The second-order valence-corrected chi connectivity index (χ2v) is 6.64. The van der Waals surface area contributed by atoms with E-state index in [1.165, 1.54) is 16.0 Å². The SMILES string of the molecule is CC(C)NCc1nc(-c2ccccc2)c(-c2ccccc2)s1.Cl. The maximum absolute atomic E-state index is 4.88. The summed E-state index contributed by atoms with van der Waals surface area (Å²) in [7, 11) is 0. The molecule has 2 aromatic carbocycles. The molecule has 120 valence electrons. The Balaban J connectivity index is 0.00000192. The third-order valence-corrected chi connectivity index (χ3v) is 4.52. The van der Waals surface area contributed by atoms with Gasteiger partial charge in [-0.05, 0) is 5.56 Å². The van der Waals surface area contributed by atoms with Gasteiger partial charge in [0.05, 0.1) is 10.6 Å². The Hall–Kier alpha value is -1.68. The van der Waals surface area contributed by atoms with Crippen LogP contribution in [0.5, 0.6) is 0 Å². The average molecular weight is 345 g/mol. The minimum absolute atomic E-state index is 0. The van der Waals surface area contributed by atoms with Crippen LogP contribution >= 0.6 is 23.7 Å². The molecule has 0 aliphatic carbocycles. The number of hydrogen-bond donors (Lipinski definition) is 1. The van der Waals surface area contributed by atoms with E-state index in [2.05, 4.69) is 67.7 Å². The Morgan fingerprint density at radius 3 is 2.04 bits per heavy atom. The van der Waals surface area contributed by atoms with Gasteiger partial charge in [-0.25, -0.2) is 4.98 Å². The van der Waals surface area contributed by atoms with Crippen molar-refractivity contribution in [1.29, 1.82) is 0 Å². The number of nitrogens with one attached hydrogen (secondary N) is 1. The molecule has 3 aromatic rings. The zero-order valence-electron chi connectivity index (χ0n) is 13.3. The molecular weight excluding hydrogens is 324 g/mol. The predicted molar refractivity (Wildman–Crippen MR) is 102 cm³/mol. The maximum Gasteiger partial charge on any atom is 0.108 e. The Bertz CT molecular complexity index is 667. The van der Waals surface area contributed by atoms with E-state index in [4.69, 9.17) is 4.98 Å². The van der Waals surface area contributed by atoms with Crippen molar-refractivity contribution in [3.63, 3.8) is 0 Å². The van der Waals surface area contributed by atoms with E-state index in [-0.39, 0.29) is 12.4 Å². The lowest BCUT2D eigenvalue weighted by molar-refractivity contribution is 0.587. The van der Waals surface area contributed by atoms with Crippen LogP contribution in [0.25, 0.3) is 21.7 Å². The fourth-order valence-electron chi connectivity index (χ4n) is 2.31. The molecule has 0 amide bonds. The van der Waals surface area contributed by atoms with Gasteiger partial charge >= 0.3 is 0 Å². The number of benzene rings is 2. The highest BCUT2D eigenvalue weighted by Gasteiger charge is 2.14.